The highest BCUT2D eigenvalue weighted by Crippen LogP contribution is 2.34. The van der Waals surface area contributed by atoms with E-state index in [1.807, 2.05) is 13.8 Å². The van der Waals surface area contributed by atoms with E-state index in [1.54, 1.807) is 11.1 Å². The molecule has 2 amide bonds. The first kappa shape index (κ1) is 19.8. The molecule has 0 aromatic carbocycles. The number of pyridine rings is 2. The van der Waals surface area contributed by atoms with Gasteiger partial charge in [-0.15, -0.1) is 0 Å². The summed E-state index contributed by atoms with van der Waals surface area (Å²) in [6.07, 6.45) is 6.53. The highest BCUT2D eigenvalue weighted by atomic mass is 16.2. The molecule has 1 fully saturated rings. The number of likely N-dealkylation sites (tertiary alicyclic amines) is 1. The molecule has 1 saturated heterocycles. The second-order valence-corrected chi connectivity index (χ2v) is 8.00. The van der Waals surface area contributed by atoms with Gasteiger partial charge in [0, 0.05) is 18.4 Å². The van der Waals surface area contributed by atoms with Crippen LogP contribution in [0.3, 0.4) is 0 Å². The molecule has 30 heavy (non-hydrogen) atoms. The number of fused-ring (bicyclic) bond motifs is 1. The summed E-state index contributed by atoms with van der Waals surface area (Å²) < 4.78 is 0. The van der Waals surface area contributed by atoms with Gasteiger partial charge in [0.05, 0.1) is 35.0 Å². The fraction of sp³-hybridized carbons (Fsp3) is 0.381. The van der Waals surface area contributed by atoms with Crippen molar-refractivity contribution in [1.82, 2.24) is 25.1 Å². The Labute approximate surface area is 174 Å². The number of carbonyl (C=O) groups is 2. The molecule has 0 bridgehead atoms. The third-order valence-electron chi connectivity index (χ3n) is 5.78. The number of aryl methyl sites for hydroxylation is 2. The van der Waals surface area contributed by atoms with Crippen molar-refractivity contribution >= 4 is 34.2 Å². The molecule has 156 valence electrons. The summed E-state index contributed by atoms with van der Waals surface area (Å²) >= 11 is 0. The van der Waals surface area contributed by atoms with Crippen LogP contribution in [0.15, 0.2) is 24.7 Å². The number of anilines is 2. The molecule has 4 heterocycles. The van der Waals surface area contributed by atoms with Crippen LogP contribution in [0.2, 0.25) is 0 Å². The SMILES string of the molecule is Cc1cc(C2CCC(C)CN2C(=O)C(=O)Nc2cnc(N)c3cn[nH]c23)cnc1C. The van der Waals surface area contributed by atoms with Crippen molar-refractivity contribution in [1.29, 1.82) is 0 Å². The lowest BCUT2D eigenvalue weighted by atomic mass is 9.90. The first-order valence-electron chi connectivity index (χ1n) is 9.97. The first-order chi connectivity index (χ1) is 14.3. The van der Waals surface area contributed by atoms with Crippen LogP contribution < -0.4 is 11.1 Å². The summed E-state index contributed by atoms with van der Waals surface area (Å²) in [4.78, 5) is 36.2. The molecule has 3 aromatic heterocycles. The number of nitrogens with two attached hydrogens (primary N) is 1. The predicted molar refractivity (Wildman–Crippen MR) is 113 cm³/mol. The highest BCUT2D eigenvalue weighted by Gasteiger charge is 2.34. The smallest absolute Gasteiger partial charge is 0.314 e. The van der Waals surface area contributed by atoms with Crippen molar-refractivity contribution in [3.63, 3.8) is 0 Å². The van der Waals surface area contributed by atoms with E-state index in [9.17, 15) is 9.59 Å². The van der Waals surface area contributed by atoms with Gasteiger partial charge >= 0.3 is 11.8 Å². The van der Waals surface area contributed by atoms with Gasteiger partial charge in [-0.2, -0.15) is 5.10 Å². The van der Waals surface area contributed by atoms with Crippen molar-refractivity contribution in [3.05, 3.63) is 41.5 Å². The second kappa shape index (κ2) is 7.74. The lowest BCUT2D eigenvalue weighted by molar-refractivity contribution is -0.146. The Bertz CT molecular complexity index is 1120. The van der Waals surface area contributed by atoms with E-state index in [0.717, 1.165) is 29.7 Å². The summed E-state index contributed by atoms with van der Waals surface area (Å²) in [6.45, 7) is 6.56. The van der Waals surface area contributed by atoms with Gasteiger partial charge in [-0.1, -0.05) is 13.0 Å². The van der Waals surface area contributed by atoms with E-state index in [4.69, 9.17) is 5.73 Å². The number of carbonyl (C=O) groups excluding carboxylic acids is 2. The average Bonchev–Trinajstić information content (AvgIpc) is 3.23. The van der Waals surface area contributed by atoms with Crippen LogP contribution in [0, 0.1) is 19.8 Å². The molecular weight excluding hydrogens is 382 g/mol. The number of aromatic nitrogens is 4. The summed E-state index contributed by atoms with van der Waals surface area (Å²) in [6, 6.07) is 1.88. The van der Waals surface area contributed by atoms with Gasteiger partial charge in [0.25, 0.3) is 0 Å². The van der Waals surface area contributed by atoms with Gasteiger partial charge in [0.1, 0.15) is 5.82 Å². The summed E-state index contributed by atoms with van der Waals surface area (Å²) in [5.41, 5.74) is 9.71. The molecule has 0 spiro atoms. The number of rotatable bonds is 2. The Morgan fingerprint density at radius 1 is 1.20 bits per heavy atom. The highest BCUT2D eigenvalue weighted by molar-refractivity contribution is 6.40. The van der Waals surface area contributed by atoms with Gasteiger partial charge in [-0.3, -0.25) is 19.7 Å². The first-order valence-corrected chi connectivity index (χ1v) is 9.97. The molecular formula is C21H25N7O2. The summed E-state index contributed by atoms with van der Waals surface area (Å²) in [7, 11) is 0. The summed E-state index contributed by atoms with van der Waals surface area (Å²) in [5.74, 6) is -0.673. The Hall–Kier alpha value is -3.49. The maximum absolute atomic E-state index is 13.1. The number of nitrogens with zero attached hydrogens (tertiary/aromatic N) is 4. The molecule has 3 aromatic rings. The van der Waals surface area contributed by atoms with Crippen LogP contribution in [0.4, 0.5) is 11.5 Å². The number of nitrogens with one attached hydrogen (secondary N) is 2. The molecule has 4 rings (SSSR count). The minimum Gasteiger partial charge on any atom is -0.383 e. The molecule has 2 atom stereocenters. The normalized spacial score (nSPS) is 19.1. The number of hydrogen-bond donors (Lipinski definition) is 3. The third-order valence-corrected chi connectivity index (χ3v) is 5.78. The van der Waals surface area contributed by atoms with Crippen LogP contribution in [0.25, 0.3) is 10.9 Å². The van der Waals surface area contributed by atoms with E-state index in [2.05, 4.69) is 38.5 Å². The molecule has 2 unspecified atom stereocenters. The molecule has 9 heteroatoms. The standard InChI is InChI=1S/C21H25N7O2/c1-11-4-5-17(14-6-12(2)13(3)23-7-14)28(10-11)21(30)20(29)26-16-9-24-19(22)15-8-25-27-18(15)16/h6-9,11,17H,4-5,10H2,1-3H3,(H2,22,24)(H,25,27)(H,26,29). The van der Waals surface area contributed by atoms with Crippen LogP contribution in [-0.2, 0) is 9.59 Å². The number of aromatic amines is 1. The molecule has 9 nitrogen and oxygen atoms in total. The maximum Gasteiger partial charge on any atom is 0.314 e. The zero-order valence-corrected chi connectivity index (χ0v) is 17.3. The monoisotopic (exact) mass is 407 g/mol. The lowest BCUT2D eigenvalue weighted by Crippen LogP contribution is -2.46. The van der Waals surface area contributed by atoms with Crippen molar-refractivity contribution < 1.29 is 9.59 Å². The largest absolute Gasteiger partial charge is 0.383 e. The van der Waals surface area contributed by atoms with Crippen molar-refractivity contribution in [3.8, 4) is 0 Å². The fourth-order valence-corrected chi connectivity index (χ4v) is 3.93. The molecule has 0 aliphatic carbocycles. The minimum atomic E-state index is -0.714. The molecule has 0 radical (unpaired) electrons. The van der Waals surface area contributed by atoms with E-state index in [1.165, 1.54) is 12.4 Å². The van der Waals surface area contributed by atoms with E-state index in [-0.39, 0.29) is 6.04 Å². The van der Waals surface area contributed by atoms with Gasteiger partial charge in [-0.05, 0) is 43.7 Å². The van der Waals surface area contributed by atoms with Crippen LogP contribution in [0.5, 0.6) is 0 Å². The van der Waals surface area contributed by atoms with Gasteiger partial charge in [0.2, 0.25) is 0 Å². The second-order valence-electron chi connectivity index (χ2n) is 8.00. The number of piperidine rings is 1. The third kappa shape index (κ3) is 3.58. The molecule has 1 aliphatic rings. The Kier molecular flexibility index (Phi) is 5.11. The Morgan fingerprint density at radius 3 is 2.77 bits per heavy atom. The molecule has 4 N–H and O–H groups in total. The summed E-state index contributed by atoms with van der Waals surface area (Å²) in [5, 5.41) is 9.99. The molecule has 0 saturated carbocycles. The van der Waals surface area contributed by atoms with E-state index < -0.39 is 11.8 Å². The zero-order chi connectivity index (χ0) is 21.4. The Morgan fingerprint density at radius 2 is 2.00 bits per heavy atom. The number of hydrogen-bond acceptors (Lipinski definition) is 6. The van der Waals surface area contributed by atoms with Crippen molar-refractivity contribution in [2.45, 2.75) is 39.7 Å². The number of H-pyrrole nitrogens is 1. The van der Waals surface area contributed by atoms with Crippen LogP contribution in [-0.4, -0.2) is 43.4 Å². The van der Waals surface area contributed by atoms with Crippen LogP contribution in [0.1, 0.15) is 42.6 Å². The number of amides is 2. The molecule has 1 aliphatic heterocycles. The van der Waals surface area contributed by atoms with Crippen molar-refractivity contribution in [2.24, 2.45) is 5.92 Å². The predicted octanol–water partition coefficient (Wildman–Crippen LogP) is 2.49. The van der Waals surface area contributed by atoms with Gasteiger partial charge in [-0.25, -0.2) is 4.98 Å². The van der Waals surface area contributed by atoms with Gasteiger partial charge in [0.15, 0.2) is 0 Å². The average molecular weight is 407 g/mol. The topological polar surface area (TPSA) is 130 Å². The minimum absolute atomic E-state index is 0.178. The van der Waals surface area contributed by atoms with Crippen LogP contribution >= 0.6 is 0 Å². The quantitative estimate of drug-likeness (QED) is 0.560. The number of nitrogen functional groups attached to an aromatic ring is 1. The Balaban J connectivity index is 1.60. The fourth-order valence-electron chi connectivity index (χ4n) is 3.93. The lowest BCUT2D eigenvalue weighted by Gasteiger charge is -2.38. The van der Waals surface area contributed by atoms with E-state index in [0.29, 0.717) is 34.9 Å². The zero-order valence-electron chi connectivity index (χ0n) is 17.3. The van der Waals surface area contributed by atoms with E-state index >= 15 is 0 Å². The van der Waals surface area contributed by atoms with Crippen molar-refractivity contribution in [2.75, 3.05) is 17.6 Å². The van der Waals surface area contributed by atoms with Gasteiger partial charge < -0.3 is 16.0 Å². The maximum atomic E-state index is 13.1.